The monoisotopic (exact) mass is 330 g/mol. The van der Waals surface area contributed by atoms with E-state index in [4.69, 9.17) is 0 Å². The molecule has 0 bridgehead atoms. The molecule has 7 heteroatoms. The van der Waals surface area contributed by atoms with Crippen LogP contribution in [0.3, 0.4) is 0 Å². The number of carbonyl (C=O) groups is 2. The fourth-order valence-corrected chi connectivity index (χ4v) is 5.09. The quantitative estimate of drug-likeness (QED) is 0.710. The topological polar surface area (TPSA) is 74.8 Å². The molecule has 0 saturated carbocycles. The molecule has 0 aliphatic carbocycles. The van der Waals surface area contributed by atoms with Gasteiger partial charge in [0, 0.05) is 25.7 Å². The fraction of sp³-hybridized carbons (Fsp3) is 0.867. The maximum atomic E-state index is 12.9. The maximum Gasteiger partial charge on any atom is 0.237 e. The van der Waals surface area contributed by atoms with E-state index in [1.165, 1.54) is 0 Å². The van der Waals surface area contributed by atoms with Crippen LogP contribution in [0, 0.1) is 5.41 Å². The highest BCUT2D eigenvalue weighted by molar-refractivity contribution is 7.91. The van der Waals surface area contributed by atoms with Gasteiger partial charge >= 0.3 is 0 Å². The van der Waals surface area contributed by atoms with Gasteiger partial charge in [0.2, 0.25) is 11.8 Å². The molecule has 2 fully saturated rings. The van der Waals surface area contributed by atoms with Crippen molar-refractivity contribution in [3.05, 3.63) is 0 Å². The van der Waals surface area contributed by atoms with Gasteiger partial charge in [0.1, 0.15) is 5.41 Å². The molecule has 2 amide bonds. The molecule has 0 spiro atoms. The third-order valence-corrected chi connectivity index (χ3v) is 6.46. The summed E-state index contributed by atoms with van der Waals surface area (Å²) in [7, 11) is -3.05. The number of amides is 2. The summed E-state index contributed by atoms with van der Waals surface area (Å²) in [6.07, 6.45) is 2.43. The van der Waals surface area contributed by atoms with Crippen LogP contribution in [0.5, 0.6) is 0 Å². The van der Waals surface area contributed by atoms with Crippen LogP contribution in [0.1, 0.15) is 40.0 Å². The van der Waals surface area contributed by atoms with E-state index < -0.39 is 15.3 Å². The summed E-state index contributed by atoms with van der Waals surface area (Å²) in [6.45, 7) is 6.98. The zero-order valence-corrected chi connectivity index (χ0v) is 14.5. The van der Waals surface area contributed by atoms with Crippen LogP contribution in [0.25, 0.3) is 0 Å². The number of nitrogens with zero attached hydrogens (tertiary/aromatic N) is 2. The smallest absolute Gasteiger partial charge is 0.237 e. The maximum absolute atomic E-state index is 12.9. The predicted molar refractivity (Wildman–Crippen MR) is 84.0 cm³/mol. The lowest BCUT2D eigenvalue weighted by molar-refractivity contribution is -0.154. The van der Waals surface area contributed by atoms with Gasteiger partial charge in [0.05, 0.1) is 11.5 Å². The Balaban J connectivity index is 2.14. The number of sulfone groups is 1. The summed E-state index contributed by atoms with van der Waals surface area (Å²) in [6, 6.07) is -0.298. The summed E-state index contributed by atoms with van der Waals surface area (Å²) in [5.41, 5.74) is -1.13. The van der Waals surface area contributed by atoms with Crippen molar-refractivity contribution >= 4 is 21.7 Å². The SMILES string of the molecule is CCN(C(=O)C(C)(C)C(=O)N1CCCC1)C1CCS(=O)(=O)C1. The highest BCUT2D eigenvalue weighted by atomic mass is 32.2. The molecule has 22 heavy (non-hydrogen) atoms. The van der Waals surface area contributed by atoms with Crippen LogP contribution in [0.2, 0.25) is 0 Å². The van der Waals surface area contributed by atoms with Crippen molar-refractivity contribution in [2.75, 3.05) is 31.1 Å². The number of rotatable bonds is 4. The molecule has 2 heterocycles. The lowest BCUT2D eigenvalue weighted by Gasteiger charge is -2.35. The molecule has 0 aromatic heterocycles. The Morgan fingerprint density at radius 1 is 1.23 bits per heavy atom. The minimum atomic E-state index is -3.05. The van der Waals surface area contributed by atoms with Crippen molar-refractivity contribution in [3.8, 4) is 0 Å². The molecule has 0 aromatic rings. The molecule has 2 aliphatic rings. The molecule has 2 saturated heterocycles. The molecule has 1 atom stereocenters. The zero-order valence-electron chi connectivity index (χ0n) is 13.7. The van der Waals surface area contributed by atoms with Gasteiger partial charge in [-0.15, -0.1) is 0 Å². The molecule has 0 radical (unpaired) electrons. The Labute approximate surface area is 132 Å². The van der Waals surface area contributed by atoms with E-state index in [9.17, 15) is 18.0 Å². The van der Waals surface area contributed by atoms with Crippen molar-refractivity contribution in [3.63, 3.8) is 0 Å². The first kappa shape index (κ1) is 17.2. The second kappa shape index (κ2) is 6.18. The number of hydrogen-bond acceptors (Lipinski definition) is 4. The average molecular weight is 330 g/mol. The van der Waals surface area contributed by atoms with Crippen LogP contribution in [0.4, 0.5) is 0 Å². The van der Waals surface area contributed by atoms with Gasteiger partial charge in [-0.3, -0.25) is 9.59 Å². The van der Waals surface area contributed by atoms with Crippen LogP contribution >= 0.6 is 0 Å². The van der Waals surface area contributed by atoms with Crippen LogP contribution in [0.15, 0.2) is 0 Å². The normalized spacial score (nSPS) is 24.5. The van der Waals surface area contributed by atoms with Gasteiger partial charge in [-0.2, -0.15) is 0 Å². The first-order chi connectivity index (χ1) is 10.2. The van der Waals surface area contributed by atoms with Crippen molar-refractivity contribution in [2.24, 2.45) is 5.41 Å². The molecule has 126 valence electrons. The standard InChI is InChI=1S/C15H26N2O4S/c1-4-17(12-7-10-22(20,21)11-12)14(19)15(2,3)13(18)16-8-5-6-9-16/h12H,4-11H2,1-3H3. The highest BCUT2D eigenvalue weighted by Crippen LogP contribution is 2.28. The van der Waals surface area contributed by atoms with Crippen molar-refractivity contribution in [1.82, 2.24) is 9.80 Å². The summed E-state index contributed by atoms with van der Waals surface area (Å²) in [5, 5.41) is 0. The van der Waals surface area contributed by atoms with E-state index in [1.54, 1.807) is 23.6 Å². The first-order valence-electron chi connectivity index (χ1n) is 8.00. The van der Waals surface area contributed by atoms with Crippen molar-refractivity contribution in [2.45, 2.75) is 46.1 Å². The van der Waals surface area contributed by atoms with Crippen molar-refractivity contribution < 1.29 is 18.0 Å². The lowest BCUT2D eigenvalue weighted by Crippen LogP contribution is -2.53. The van der Waals surface area contributed by atoms with E-state index in [0.29, 0.717) is 26.1 Å². The lowest BCUT2D eigenvalue weighted by atomic mass is 9.89. The Kier molecular flexibility index (Phi) is 4.84. The van der Waals surface area contributed by atoms with Gasteiger partial charge in [-0.25, -0.2) is 8.42 Å². The molecular weight excluding hydrogens is 304 g/mol. The predicted octanol–water partition coefficient (Wildman–Crippen LogP) is 0.671. The number of hydrogen-bond donors (Lipinski definition) is 0. The zero-order chi connectivity index (χ0) is 16.5. The minimum absolute atomic E-state index is 0.0144. The van der Waals surface area contributed by atoms with E-state index in [-0.39, 0.29) is 29.4 Å². The van der Waals surface area contributed by atoms with Crippen LogP contribution in [-0.4, -0.2) is 67.2 Å². The second-order valence-electron chi connectivity index (χ2n) is 6.77. The summed E-state index contributed by atoms with van der Waals surface area (Å²) < 4.78 is 23.3. The Morgan fingerprint density at radius 3 is 2.27 bits per heavy atom. The largest absolute Gasteiger partial charge is 0.342 e. The van der Waals surface area contributed by atoms with Crippen LogP contribution in [-0.2, 0) is 19.4 Å². The summed E-state index contributed by atoms with van der Waals surface area (Å²) in [5.74, 6) is -0.258. The fourth-order valence-electron chi connectivity index (χ4n) is 3.35. The number of likely N-dealkylation sites (tertiary alicyclic amines) is 1. The van der Waals surface area contributed by atoms with E-state index in [1.807, 2.05) is 6.92 Å². The second-order valence-corrected chi connectivity index (χ2v) is 9.00. The summed E-state index contributed by atoms with van der Waals surface area (Å²) >= 11 is 0. The molecule has 1 unspecified atom stereocenters. The molecule has 2 rings (SSSR count). The summed E-state index contributed by atoms with van der Waals surface area (Å²) in [4.78, 5) is 28.8. The Hall–Kier alpha value is -1.11. The molecule has 0 N–H and O–H groups in total. The molecule has 0 aromatic carbocycles. The highest BCUT2D eigenvalue weighted by Gasteiger charge is 2.45. The van der Waals surface area contributed by atoms with Gasteiger partial charge in [-0.1, -0.05) is 0 Å². The van der Waals surface area contributed by atoms with E-state index in [2.05, 4.69) is 0 Å². The number of carbonyl (C=O) groups excluding carboxylic acids is 2. The van der Waals surface area contributed by atoms with Gasteiger partial charge in [0.25, 0.3) is 0 Å². The van der Waals surface area contributed by atoms with Gasteiger partial charge in [-0.05, 0) is 40.0 Å². The van der Waals surface area contributed by atoms with Crippen molar-refractivity contribution in [1.29, 1.82) is 0 Å². The van der Waals surface area contributed by atoms with Gasteiger partial charge in [0.15, 0.2) is 9.84 Å². The van der Waals surface area contributed by atoms with Crippen LogP contribution < -0.4 is 0 Å². The third kappa shape index (κ3) is 3.29. The van der Waals surface area contributed by atoms with E-state index in [0.717, 1.165) is 12.8 Å². The Morgan fingerprint density at radius 2 is 1.82 bits per heavy atom. The first-order valence-corrected chi connectivity index (χ1v) is 9.82. The Bertz CT molecular complexity index is 550. The molecular formula is C15H26N2O4S. The van der Waals surface area contributed by atoms with Gasteiger partial charge < -0.3 is 9.80 Å². The average Bonchev–Trinajstić information content (AvgIpc) is 3.08. The molecule has 2 aliphatic heterocycles. The van der Waals surface area contributed by atoms with E-state index >= 15 is 0 Å². The molecule has 6 nitrogen and oxygen atoms in total. The third-order valence-electron chi connectivity index (χ3n) is 4.71. The minimum Gasteiger partial charge on any atom is -0.342 e.